The van der Waals surface area contributed by atoms with E-state index in [1.807, 2.05) is 4.57 Å². The number of hydrogen-bond acceptors (Lipinski definition) is 5. The van der Waals surface area contributed by atoms with E-state index in [1.165, 1.54) is 6.33 Å². The molecule has 1 aliphatic heterocycles. The van der Waals surface area contributed by atoms with E-state index in [9.17, 15) is 0 Å². The molecular weight excluding hydrogens is 264 g/mol. The van der Waals surface area contributed by atoms with Crippen molar-refractivity contribution in [2.45, 2.75) is 31.9 Å². The molecule has 3 heterocycles. The zero-order chi connectivity index (χ0) is 13.2. The van der Waals surface area contributed by atoms with Gasteiger partial charge in [-0.05, 0) is 31.5 Å². The minimum absolute atomic E-state index is 0.343. The predicted molar refractivity (Wildman–Crippen MR) is 72.9 cm³/mol. The van der Waals surface area contributed by atoms with Crippen molar-refractivity contribution >= 4 is 23.4 Å². The molecule has 2 aromatic rings. The molecule has 1 aliphatic rings. The zero-order valence-corrected chi connectivity index (χ0v) is 11.6. The van der Waals surface area contributed by atoms with Crippen LogP contribution >= 0.6 is 12.2 Å². The van der Waals surface area contributed by atoms with Crippen molar-refractivity contribution in [2.24, 2.45) is 0 Å². The molecule has 1 unspecified atom stereocenters. The van der Waals surface area contributed by atoms with Crippen molar-refractivity contribution in [1.82, 2.24) is 19.5 Å². The number of aromatic amines is 1. The average Bonchev–Trinajstić information content (AvgIpc) is 3.03. The van der Waals surface area contributed by atoms with Gasteiger partial charge < -0.3 is 19.0 Å². The van der Waals surface area contributed by atoms with E-state index < -0.39 is 0 Å². The van der Waals surface area contributed by atoms with Gasteiger partial charge in [-0.15, -0.1) is 0 Å². The second kappa shape index (κ2) is 5.26. The molecular formula is C12H16N4O2S. The molecule has 19 heavy (non-hydrogen) atoms. The Balaban J connectivity index is 1.90. The van der Waals surface area contributed by atoms with E-state index in [0.29, 0.717) is 16.8 Å². The van der Waals surface area contributed by atoms with Gasteiger partial charge in [-0.1, -0.05) is 0 Å². The number of nitrogens with zero attached hydrogens (tertiary/aromatic N) is 3. The third kappa shape index (κ3) is 2.35. The fourth-order valence-electron chi connectivity index (χ4n) is 2.45. The molecule has 1 saturated heterocycles. The third-order valence-corrected chi connectivity index (χ3v) is 3.74. The Morgan fingerprint density at radius 1 is 1.58 bits per heavy atom. The minimum Gasteiger partial charge on any atom is -0.479 e. The summed E-state index contributed by atoms with van der Waals surface area (Å²) < 4.78 is 13.5. The van der Waals surface area contributed by atoms with Gasteiger partial charge in [0.25, 0.3) is 0 Å². The van der Waals surface area contributed by atoms with Crippen molar-refractivity contribution in [1.29, 1.82) is 0 Å². The van der Waals surface area contributed by atoms with Crippen LogP contribution in [0.3, 0.4) is 0 Å². The molecule has 1 N–H and O–H groups in total. The van der Waals surface area contributed by atoms with E-state index in [2.05, 4.69) is 15.0 Å². The van der Waals surface area contributed by atoms with Crippen LogP contribution in [-0.4, -0.2) is 39.3 Å². The maximum absolute atomic E-state index is 5.63. The molecule has 2 aromatic heterocycles. The fraction of sp³-hybridized carbons (Fsp3) is 0.583. The predicted octanol–water partition coefficient (Wildman–Crippen LogP) is 2.07. The summed E-state index contributed by atoms with van der Waals surface area (Å²) in [5.74, 6) is 0.520. The number of aryl methyl sites for hydroxylation is 1. The first kappa shape index (κ1) is 12.6. The highest BCUT2D eigenvalue weighted by molar-refractivity contribution is 7.71. The van der Waals surface area contributed by atoms with Crippen LogP contribution in [0.5, 0.6) is 5.88 Å². The number of methoxy groups -OCH3 is 1. The zero-order valence-electron chi connectivity index (χ0n) is 10.8. The molecule has 0 aromatic carbocycles. The number of rotatable bonds is 4. The molecule has 6 nitrogen and oxygen atoms in total. The molecule has 1 atom stereocenters. The van der Waals surface area contributed by atoms with Crippen LogP contribution in [-0.2, 0) is 11.3 Å². The normalized spacial score (nSPS) is 19.1. The van der Waals surface area contributed by atoms with Crippen molar-refractivity contribution in [2.75, 3.05) is 13.7 Å². The fourth-order valence-corrected chi connectivity index (χ4v) is 2.73. The Morgan fingerprint density at radius 2 is 2.47 bits per heavy atom. The summed E-state index contributed by atoms with van der Waals surface area (Å²) in [6.07, 6.45) is 5.07. The number of aromatic nitrogens is 4. The van der Waals surface area contributed by atoms with E-state index in [0.717, 1.165) is 43.6 Å². The smallest absolute Gasteiger partial charge is 0.242 e. The van der Waals surface area contributed by atoms with Crippen LogP contribution in [0.4, 0.5) is 0 Å². The standard InChI is InChI=1S/C12H16N4O2S/c1-17-11-9-10(13-7-14-11)16(12(19)15-9)5-4-8-3-2-6-18-8/h7-8H,2-6H2,1H3,(H,15,19). The molecule has 0 bridgehead atoms. The summed E-state index contributed by atoms with van der Waals surface area (Å²) in [4.78, 5) is 11.5. The molecule has 0 radical (unpaired) electrons. The summed E-state index contributed by atoms with van der Waals surface area (Å²) >= 11 is 5.34. The average molecular weight is 280 g/mol. The summed E-state index contributed by atoms with van der Waals surface area (Å²) in [6.45, 7) is 1.67. The maximum atomic E-state index is 5.63. The number of ether oxygens (including phenoxy) is 2. The highest BCUT2D eigenvalue weighted by Gasteiger charge is 2.17. The van der Waals surface area contributed by atoms with Crippen molar-refractivity contribution in [3.05, 3.63) is 11.1 Å². The molecule has 7 heteroatoms. The minimum atomic E-state index is 0.343. The van der Waals surface area contributed by atoms with Gasteiger partial charge in [0.15, 0.2) is 10.4 Å². The quantitative estimate of drug-likeness (QED) is 0.869. The van der Waals surface area contributed by atoms with Gasteiger partial charge in [0.05, 0.1) is 13.2 Å². The van der Waals surface area contributed by atoms with Gasteiger partial charge in [-0.25, -0.2) is 4.98 Å². The number of imidazole rings is 1. The lowest BCUT2D eigenvalue weighted by molar-refractivity contribution is 0.100. The van der Waals surface area contributed by atoms with Crippen LogP contribution in [0.25, 0.3) is 11.2 Å². The van der Waals surface area contributed by atoms with Gasteiger partial charge in [0.1, 0.15) is 11.8 Å². The summed E-state index contributed by atoms with van der Waals surface area (Å²) in [6, 6.07) is 0. The van der Waals surface area contributed by atoms with Gasteiger partial charge in [-0.3, -0.25) is 0 Å². The Labute approximate surface area is 115 Å². The monoisotopic (exact) mass is 280 g/mol. The number of hydrogen-bond donors (Lipinski definition) is 1. The molecule has 0 aliphatic carbocycles. The Hall–Kier alpha value is -1.47. The second-order valence-electron chi connectivity index (χ2n) is 4.59. The Morgan fingerprint density at radius 3 is 3.21 bits per heavy atom. The van der Waals surface area contributed by atoms with Crippen LogP contribution in [0.1, 0.15) is 19.3 Å². The lowest BCUT2D eigenvalue weighted by Gasteiger charge is -2.09. The van der Waals surface area contributed by atoms with E-state index in [-0.39, 0.29) is 0 Å². The molecule has 102 valence electrons. The largest absolute Gasteiger partial charge is 0.479 e. The van der Waals surface area contributed by atoms with Gasteiger partial charge in [0.2, 0.25) is 5.88 Å². The van der Waals surface area contributed by atoms with Gasteiger partial charge >= 0.3 is 0 Å². The Bertz CT molecular complexity index is 630. The summed E-state index contributed by atoms with van der Waals surface area (Å²) in [5.41, 5.74) is 1.54. The third-order valence-electron chi connectivity index (χ3n) is 3.42. The number of nitrogens with one attached hydrogen (secondary N) is 1. The lowest BCUT2D eigenvalue weighted by Crippen LogP contribution is -2.10. The summed E-state index contributed by atoms with van der Waals surface area (Å²) in [7, 11) is 1.59. The van der Waals surface area contributed by atoms with E-state index in [4.69, 9.17) is 21.7 Å². The van der Waals surface area contributed by atoms with Crippen LogP contribution in [0.2, 0.25) is 0 Å². The van der Waals surface area contributed by atoms with Crippen molar-refractivity contribution in [3.8, 4) is 5.88 Å². The van der Waals surface area contributed by atoms with Crippen LogP contribution < -0.4 is 4.74 Å². The number of H-pyrrole nitrogens is 1. The van der Waals surface area contributed by atoms with E-state index in [1.54, 1.807) is 7.11 Å². The molecule has 0 saturated carbocycles. The molecule has 0 spiro atoms. The topological polar surface area (TPSA) is 65.0 Å². The highest BCUT2D eigenvalue weighted by Crippen LogP contribution is 2.22. The maximum Gasteiger partial charge on any atom is 0.242 e. The SMILES string of the molecule is COc1ncnc2c1[nH]c(=S)n2CCC1CCCO1. The summed E-state index contributed by atoms with van der Waals surface area (Å²) in [5, 5.41) is 0. The lowest BCUT2D eigenvalue weighted by atomic mass is 10.2. The molecule has 0 amide bonds. The van der Waals surface area contributed by atoms with Crippen molar-refractivity contribution in [3.63, 3.8) is 0 Å². The second-order valence-corrected chi connectivity index (χ2v) is 4.97. The number of fused-ring (bicyclic) bond motifs is 1. The highest BCUT2D eigenvalue weighted by atomic mass is 32.1. The first-order valence-corrected chi connectivity index (χ1v) is 6.79. The van der Waals surface area contributed by atoms with Gasteiger partial charge in [-0.2, -0.15) is 4.98 Å². The van der Waals surface area contributed by atoms with Crippen LogP contribution in [0, 0.1) is 4.77 Å². The first-order chi connectivity index (χ1) is 9.29. The Kier molecular flexibility index (Phi) is 3.48. The van der Waals surface area contributed by atoms with Crippen LogP contribution in [0.15, 0.2) is 6.33 Å². The van der Waals surface area contributed by atoms with E-state index >= 15 is 0 Å². The molecule has 1 fully saturated rings. The van der Waals surface area contributed by atoms with Crippen molar-refractivity contribution < 1.29 is 9.47 Å². The first-order valence-electron chi connectivity index (χ1n) is 6.38. The van der Waals surface area contributed by atoms with Gasteiger partial charge in [0, 0.05) is 13.2 Å². The molecule has 3 rings (SSSR count).